The predicted octanol–water partition coefficient (Wildman–Crippen LogP) is 3.94. The first-order chi connectivity index (χ1) is 19.6. The molecule has 10 nitrogen and oxygen atoms in total. The minimum atomic E-state index is -5.53. The third kappa shape index (κ3) is 5.08. The van der Waals surface area contributed by atoms with Crippen molar-refractivity contribution in [2.45, 2.75) is 32.0 Å². The largest absolute Gasteiger partial charge is 0.497 e. The van der Waals surface area contributed by atoms with Crippen molar-refractivity contribution in [2.24, 2.45) is 5.10 Å². The Hall–Kier alpha value is -4.74. The normalized spacial score (nSPS) is 18.5. The van der Waals surface area contributed by atoms with Gasteiger partial charge in [-0.3, -0.25) is 9.59 Å². The number of hydrogen-bond acceptors (Lipinski definition) is 7. The highest BCUT2D eigenvalue weighted by Crippen LogP contribution is 2.37. The molecule has 220 valence electrons. The highest BCUT2D eigenvalue weighted by molar-refractivity contribution is 6.37. The topological polar surface area (TPSA) is 107 Å². The van der Waals surface area contributed by atoms with E-state index in [1.165, 1.54) is 0 Å². The number of Topliss-reactive ketones (excluding diaryl/α,β-unsaturated/α-hetero) is 1. The van der Waals surface area contributed by atoms with Crippen molar-refractivity contribution in [3.8, 4) is 0 Å². The Morgan fingerprint density at radius 3 is 2.40 bits per heavy atom. The molecular weight excluding hydrogens is 588 g/mol. The number of nitrogens with zero attached hydrogens (tertiary/aromatic N) is 6. The molecule has 0 aliphatic carbocycles. The average Bonchev–Trinajstić information content (AvgIpc) is 3.35. The van der Waals surface area contributed by atoms with E-state index in [0.29, 0.717) is 6.21 Å². The van der Waals surface area contributed by atoms with E-state index >= 15 is 0 Å². The van der Waals surface area contributed by atoms with Crippen molar-refractivity contribution in [1.82, 2.24) is 24.4 Å². The van der Waals surface area contributed by atoms with Gasteiger partial charge in [0.15, 0.2) is 12.4 Å². The Bertz CT molecular complexity index is 1650. The van der Waals surface area contributed by atoms with Gasteiger partial charge in [0.2, 0.25) is 17.3 Å². The fourth-order valence-electron chi connectivity index (χ4n) is 4.53. The number of carbonyl (C=O) groups excluding carboxylic acids is 3. The van der Waals surface area contributed by atoms with Crippen LogP contribution in [0.3, 0.4) is 0 Å². The van der Waals surface area contributed by atoms with Crippen LogP contribution in [0.5, 0.6) is 0 Å². The number of ketones is 1. The molecule has 0 saturated heterocycles. The van der Waals surface area contributed by atoms with Crippen LogP contribution < -0.4 is 4.76 Å². The second-order valence-electron chi connectivity index (χ2n) is 9.11. The summed E-state index contributed by atoms with van der Waals surface area (Å²) in [6.07, 6.45) is -9.86. The molecule has 0 N–H and O–H groups in total. The lowest BCUT2D eigenvalue weighted by Gasteiger charge is -2.31. The molecule has 0 saturated carbocycles. The SMILES string of the molecule is O=C1C=N[N+](Cc2ccc(F)c(C(=O)N3CCn4c(nnc4C(F)(F)F)C3)c2)(OC(=O)C(F)(F)F)c2cccc(F)c21. The zero-order valence-electron chi connectivity index (χ0n) is 20.7. The summed E-state index contributed by atoms with van der Waals surface area (Å²) in [5, 5.41) is 10.2. The lowest BCUT2D eigenvalue weighted by Crippen LogP contribution is -2.50. The molecule has 1 amide bonds. The van der Waals surface area contributed by atoms with Crippen LogP contribution in [-0.4, -0.2) is 56.3 Å². The second-order valence-corrected chi connectivity index (χ2v) is 9.11. The molecule has 0 fully saturated rings. The number of quaternary nitrogens is 1. The highest BCUT2D eigenvalue weighted by Gasteiger charge is 2.52. The average molecular weight is 603 g/mol. The predicted molar refractivity (Wildman–Crippen MR) is 123 cm³/mol. The van der Waals surface area contributed by atoms with Crippen LogP contribution in [0.4, 0.5) is 40.8 Å². The lowest BCUT2D eigenvalue weighted by molar-refractivity contribution is -0.237. The molecule has 1 unspecified atom stereocenters. The highest BCUT2D eigenvalue weighted by atomic mass is 19.4. The number of hydroxylamine groups is 1. The van der Waals surface area contributed by atoms with E-state index in [9.17, 15) is 49.5 Å². The first-order valence-corrected chi connectivity index (χ1v) is 11.8. The number of halogens is 8. The van der Waals surface area contributed by atoms with Gasteiger partial charge in [0.25, 0.3) is 5.91 Å². The van der Waals surface area contributed by atoms with E-state index in [1.54, 1.807) is 0 Å². The number of fused-ring (bicyclic) bond motifs is 2. The zero-order chi connectivity index (χ0) is 30.6. The van der Waals surface area contributed by atoms with Crippen LogP contribution in [0.25, 0.3) is 0 Å². The van der Waals surface area contributed by atoms with Crippen LogP contribution in [0.1, 0.15) is 37.9 Å². The van der Waals surface area contributed by atoms with Crippen molar-refractivity contribution in [3.63, 3.8) is 0 Å². The van der Waals surface area contributed by atoms with E-state index in [4.69, 9.17) is 0 Å². The molecule has 42 heavy (non-hydrogen) atoms. The summed E-state index contributed by atoms with van der Waals surface area (Å²) in [5.41, 5.74) is -2.08. The van der Waals surface area contributed by atoms with Gasteiger partial charge < -0.3 is 9.47 Å². The maximum atomic E-state index is 14.8. The second kappa shape index (κ2) is 9.97. The molecule has 5 rings (SSSR count). The molecule has 0 spiro atoms. The molecule has 2 aliphatic rings. The molecule has 3 heterocycles. The monoisotopic (exact) mass is 603 g/mol. The van der Waals surface area contributed by atoms with E-state index in [-0.39, 0.29) is 24.5 Å². The zero-order valence-corrected chi connectivity index (χ0v) is 20.7. The standard InChI is InChI=1S/C24H15F8N6O4/c25-14-5-4-12(8-13(14)20(40)36-6-7-37-18(10-36)34-35-21(37)23(27,28)29)11-38(42-22(41)24(30,31)32)16-3-1-2-15(26)19(16)17(39)9-33-38/h1-5,8-9H,6-7,10-11H2/q+1. The van der Waals surface area contributed by atoms with E-state index in [2.05, 4.69) is 20.1 Å². The number of rotatable bonds is 4. The first-order valence-electron chi connectivity index (χ1n) is 11.8. The molecule has 2 aliphatic heterocycles. The van der Waals surface area contributed by atoms with Crippen LogP contribution in [0, 0.1) is 11.6 Å². The van der Waals surface area contributed by atoms with Crippen LogP contribution in [-0.2, 0) is 35.4 Å². The van der Waals surface area contributed by atoms with Gasteiger partial charge in [-0.25, -0.2) is 18.4 Å². The van der Waals surface area contributed by atoms with Crippen molar-refractivity contribution in [2.75, 3.05) is 6.54 Å². The molecule has 3 aromatic rings. The van der Waals surface area contributed by atoms with Crippen LogP contribution >= 0.6 is 0 Å². The fraction of sp³-hybridized carbons (Fsp3) is 0.250. The number of benzene rings is 2. The van der Waals surface area contributed by atoms with Crippen molar-refractivity contribution in [1.29, 1.82) is 0 Å². The molecule has 0 bridgehead atoms. The third-order valence-corrected chi connectivity index (χ3v) is 6.39. The molecule has 1 atom stereocenters. The van der Waals surface area contributed by atoms with Crippen LogP contribution in [0.2, 0.25) is 0 Å². The Morgan fingerprint density at radius 1 is 0.976 bits per heavy atom. The van der Waals surface area contributed by atoms with Crippen molar-refractivity contribution in [3.05, 3.63) is 76.4 Å². The van der Waals surface area contributed by atoms with Gasteiger partial charge in [-0.1, -0.05) is 12.1 Å². The molecule has 1 aromatic heterocycles. The maximum Gasteiger partial charge on any atom is 0.497 e. The summed E-state index contributed by atoms with van der Waals surface area (Å²) in [5.74, 6) is -8.48. The van der Waals surface area contributed by atoms with Gasteiger partial charge in [-0.2, -0.15) is 26.3 Å². The molecular formula is C24H15F8N6O4+. The Kier molecular flexibility index (Phi) is 6.83. The maximum absolute atomic E-state index is 14.8. The van der Waals surface area contributed by atoms with Gasteiger partial charge in [0, 0.05) is 29.5 Å². The van der Waals surface area contributed by atoms with Crippen molar-refractivity contribution >= 4 is 29.6 Å². The number of carbonyl (C=O) groups is 3. The Labute approximate surface area is 228 Å². The summed E-state index contributed by atoms with van der Waals surface area (Å²) in [6, 6.07) is 5.61. The summed E-state index contributed by atoms with van der Waals surface area (Å²) in [6.45, 7) is -1.97. The van der Waals surface area contributed by atoms with Gasteiger partial charge in [-0.05, 0) is 23.3 Å². The smallest absolute Gasteiger partial charge is 0.329 e. The van der Waals surface area contributed by atoms with E-state index in [1.807, 2.05) is 0 Å². The van der Waals surface area contributed by atoms with Gasteiger partial charge in [0.1, 0.15) is 23.4 Å². The third-order valence-electron chi connectivity index (χ3n) is 6.39. The number of amides is 1. The minimum Gasteiger partial charge on any atom is -0.329 e. The summed E-state index contributed by atoms with van der Waals surface area (Å²) < 4.78 is 107. The molecule has 2 aromatic carbocycles. The number of alkyl halides is 6. The van der Waals surface area contributed by atoms with Gasteiger partial charge in [-0.15, -0.1) is 10.2 Å². The lowest BCUT2D eigenvalue weighted by atomic mass is 10.0. The summed E-state index contributed by atoms with van der Waals surface area (Å²) in [4.78, 5) is 43.0. The van der Waals surface area contributed by atoms with Crippen LogP contribution in [0.15, 0.2) is 41.5 Å². The first kappa shape index (κ1) is 28.8. The minimum absolute atomic E-state index is 0.143. The van der Waals surface area contributed by atoms with Crippen molar-refractivity contribution < 1.29 is 54.3 Å². The molecule has 0 radical (unpaired) electrons. The van der Waals surface area contributed by atoms with E-state index < -0.39 is 82.1 Å². The van der Waals surface area contributed by atoms with E-state index in [0.717, 1.165) is 45.9 Å². The summed E-state index contributed by atoms with van der Waals surface area (Å²) >= 11 is 0. The summed E-state index contributed by atoms with van der Waals surface area (Å²) in [7, 11) is 0. The Morgan fingerprint density at radius 2 is 1.71 bits per heavy atom. The Balaban J connectivity index is 1.50. The quantitative estimate of drug-likeness (QED) is 0.331. The van der Waals surface area contributed by atoms with Gasteiger partial charge in [0.05, 0.1) is 12.1 Å². The fourth-order valence-corrected chi connectivity index (χ4v) is 4.53. The number of hydrogen-bond donors (Lipinski definition) is 0. The van der Waals surface area contributed by atoms with Gasteiger partial charge >= 0.3 is 18.3 Å². The number of aromatic nitrogens is 3. The molecule has 18 heteroatoms.